The summed E-state index contributed by atoms with van der Waals surface area (Å²) in [6.07, 6.45) is 0.548. The predicted molar refractivity (Wildman–Crippen MR) is 97.8 cm³/mol. The van der Waals surface area contributed by atoms with Crippen molar-refractivity contribution in [2.75, 3.05) is 13.1 Å². The normalized spacial score (nSPS) is 17.0. The van der Waals surface area contributed by atoms with Crippen LogP contribution in [-0.2, 0) is 7.05 Å². The number of nitrogens with zero attached hydrogens (tertiary/aromatic N) is 2. The highest BCUT2D eigenvalue weighted by atomic mass is 35.5. The summed E-state index contributed by atoms with van der Waals surface area (Å²) in [6.45, 7) is 2.87. The quantitative estimate of drug-likeness (QED) is 0.820. The van der Waals surface area contributed by atoms with E-state index in [-0.39, 0.29) is 17.6 Å². The number of halogens is 2. The van der Waals surface area contributed by atoms with Crippen molar-refractivity contribution in [2.24, 2.45) is 7.05 Å². The van der Waals surface area contributed by atoms with Crippen molar-refractivity contribution in [3.05, 3.63) is 62.0 Å². The molecule has 0 spiro atoms. The van der Waals surface area contributed by atoms with Gasteiger partial charge in [0.15, 0.2) is 0 Å². The zero-order valence-corrected chi connectivity index (χ0v) is 15.5. The molecule has 2 heterocycles. The fraction of sp³-hybridized carbons (Fsp3) is 0.333. The Morgan fingerprint density at radius 3 is 2.68 bits per heavy atom. The topological polar surface area (TPSA) is 51.5 Å². The number of ether oxygens (including phenoxy) is 1. The van der Waals surface area contributed by atoms with Crippen molar-refractivity contribution < 1.29 is 9.53 Å². The Morgan fingerprint density at radius 1 is 1.24 bits per heavy atom. The van der Waals surface area contributed by atoms with Gasteiger partial charge in [-0.3, -0.25) is 9.59 Å². The van der Waals surface area contributed by atoms with Crippen molar-refractivity contribution in [3.63, 3.8) is 0 Å². The van der Waals surface area contributed by atoms with Crippen LogP contribution < -0.4 is 10.3 Å². The molecule has 0 saturated carbocycles. The van der Waals surface area contributed by atoms with Crippen molar-refractivity contribution in [1.82, 2.24) is 9.47 Å². The van der Waals surface area contributed by atoms with Gasteiger partial charge in [0.2, 0.25) is 0 Å². The summed E-state index contributed by atoms with van der Waals surface area (Å²) in [5, 5.41) is 0.828. The van der Waals surface area contributed by atoms with Crippen molar-refractivity contribution in [3.8, 4) is 5.75 Å². The van der Waals surface area contributed by atoms with Gasteiger partial charge in [0.1, 0.15) is 11.9 Å². The van der Waals surface area contributed by atoms with Gasteiger partial charge < -0.3 is 14.2 Å². The lowest BCUT2D eigenvalue weighted by Crippen LogP contribution is -2.31. The second-order valence-corrected chi connectivity index (χ2v) is 6.98. The average Bonchev–Trinajstić information content (AvgIpc) is 3.00. The largest absolute Gasteiger partial charge is 0.488 e. The molecular formula is C18H18Cl2N2O3. The standard InChI is InChI=1S/C18H18Cl2N2O3/c1-11-7-14(9-17(23)21(11)2)25-13-5-6-22(10-13)18(24)15-4-3-12(19)8-16(15)20/h3-4,7-9,13H,5-6,10H2,1-2H3. The fourth-order valence-electron chi connectivity index (χ4n) is 2.84. The SMILES string of the molecule is Cc1cc(OC2CCN(C(=O)c3ccc(Cl)cc3Cl)C2)cc(=O)n1C. The number of benzene rings is 1. The third kappa shape index (κ3) is 3.83. The van der Waals surface area contributed by atoms with Crippen molar-refractivity contribution in [2.45, 2.75) is 19.4 Å². The van der Waals surface area contributed by atoms with E-state index >= 15 is 0 Å². The van der Waals surface area contributed by atoms with Gasteiger partial charge in [-0.2, -0.15) is 0 Å². The number of rotatable bonds is 3. The zero-order valence-electron chi connectivity index (χ0n) is 14.0. The van der Waals surface area contributed by atoms with E-state index in [9.17, 15) is 9.59 Å². The van der Waals surface area contributed by atoms with Gasteiger partial charge in [0, 0.05) is 36.8 Å². The first-order valence-corrected chi connectivity index (χ1v) is 8.69. The average molecular weight is 381 g/mol. The number of aromatic nitrogens is 1. The van der Waals surface area contributed by atoms with Crippen LogP contribution in [0.3, 0.4) is 0 Å². The molecule has 1 aliphatic heterocycles. The van der Waals surface area contributed by atoms with Crippen LogP contribution >= 0.6 is 23.2 Å². The highest BCUT2D eigenvalue weighted by Crippen LogP contribution is 2.25. The summed E-state index contributed by atoms with van der Waals surface area (Å²) in [6, 6.07) is 8.12. The summed E-state index contributed by atoms with van der Waals surface area (Å²) < 4.78 is 7.45. The van der Waals surface area contributed by atoms with Gasteiger partial charge in [0.05, 0.1) is 17.1 Å². The van der Waals surface area contributed by atoms with Crippen LogP contribution in [0.1, 0.15) is 22.5 Å². The lowest BCUT2D eigenvalue weighted by Gasteiger charge is -2.18. The Morgan fingerprint density at radius 2 is 2.00 bits per heavy atom. The number of likely N-dealkylation sites (tertiary alicyclic amines) is 1. The predicted octanol–water partition coefficient (Wildman–Crippen LogP) is 3.29. The summed E-state index contributed by atoms with van der Waals surface area (Å²) in [5.41, 5.74) is 1.13. The van der Waals surface area contributed by atoms with Crippen LogP contribution in [0, 0.1) is 6.92 Å². The maximum Gasteiger partial charge on any atom is 0.255 e. The van der Waals surface area contributed by atoms with Gasteiger partial charge in [-0.05, 0) is 31.2 Å². The van der Waals surface area contributed by atoms with Gasteiger partial charge in [-0.25, -0.2) is 0 Å². The first-order chi connectivity index (χ1) is 11.8. The first kappa shape index (κ1) is 17.8. The molecule has 0 aliphatic carbocycles. The summed E-state index contributed by atoms with van der Waals surface area (Å²) in [4.78, 5) is 26.2. The maximum absolute atomic E-state index is 12.6. The van der Waals surface area contributed by atoms with Crippen LogP contribution in [-0.4, -0.2) is 34.6 Å². The van der Waals surface area contributed by atoms with Crippen LogP contribution in [0.2, 0.25) is 10.0 Å². The molecule has 1 atom stereocenters. The molecule has 5 nitrogen and oxygen atoms in total. The summed E-state index contributed by atoms with van der Waals surface area (Å²) >= 11 is 12.0. The molecular weight excluding hydrogens is 363 g/mol. The second-order valence-electron chi connectivity index (χ2n) is 6.13. The number of hydrogen-bond acceptors (Lipinski definition) is 3. The molecule has 1 aliphatic rings. The molecule has 1 unspecified atom stereocenters. The van der Waals surface area contributed by atoms with E-state index < -0.39 is 0 Å². The van der Waals surface area contributed by atoms with Crippen molar-refractivity contribution in [1.29, 1.82) is 0 Å². The molecule has 2 aromatic rings. The summed E-state index contributed by atoms with van der Waals surface area (Å²) in [7, 11) is 1.72. The Kier molecular flexibility index (Phi) is 5.06. The molecule has 0 radical (unpaired) electrons. The molecule has 132 valence electrons. The number of carbonyl (C=O) groups is 1. The molecule has 1 saturated heterocycles. The maximum atomic E-state index is 12.6. The molecule has 7 heteroatoms. The minimum atomic E-state index is -0.151. The summed E-state index contributed by atoms with van der Waals surface area (Å²) in [5.74, 6) is 0.386. The van der Waals surface area contributed by atoms with Gasteiger partial charge in [-0.1, -0.05) is 23.2 Å². The highest BCUT2D eigenvalue weighted by Gasteiger charge is 2.29. The molecule has 1 fully saturated rings. The molecule has 1 aromatic heterocycles. The van der Waals surface area contributed by atoms with Gasteiger partial charge in [-0.15, -0.1) is 0 Å². The van der Waals surface area contributed by atoms with E-state index in [0.29, 0.717) is 40.9 Å². The van der Waals surface area contributed by atoms with Crippen LogP contribution in [0.25, 0.3) is 0 Å². The Hall–Kier alpha value is -1.98. The number of hydrogen-bond donors (Lipinski definition) is 0. The van der Waals surface area contributed by atoms with E-state index in [1.165, 1.54) is 6.07 Å². The van der Waals surface area contributed by atoms with Gasteiger partial charge in [0.25, 0.3) is 11.5 Å². The first-order valence-electron chi connectivity index (χ1n) is 7.94. The smallest absolute Gasteiger partial charge is 0.255 e. The van der Waals surface area contributed by atoms with E-state index in [2.05, 4.69) is 0 Å². The number of carbonyl (C=O) groups excluding carboxylic acids is 1. The van der Waals surface area contributed by atoms with Crippen LogP contribution in [0.15, 0.2) is 35.1 Å². The Bertz CT molecular complexity index is 879. The molecule has 0 bridgehead atoms. The third-order valence-corrected chi connectivity index (χ3v) is 4.92. The Balaban J connectivity index is 1.69. The monoisotopic (exact) mass is 380 g/mol. The van der Waals surface area contributed by atoms with E-state index in [1.807, 2.05) is 13.0 Å². The highest BCUT2D eigenvalue weighted by molar-refractivity contribution is 6.36. The minimum Gasteiger partial charge on any atom is -0.488 e. The second kappa shape index (κ2) is 7.10. The molecule has 25 heavy (non-hydrogen) atoms. The number of pyridine rings is 1. The Labute approximate surface area is 155 Å². The molecule has 1 aromatic carbocycles. The lowest BCUT2D eigenvalue weighted by atomic mass is 10.2. The molecule has 1 amide bonds. The minimum absolute atomic E-state index is 0.117. The molecule has 0 N–H and O–H groups in total. The lowest BCUT2D eigenvalue weighted by molar-refractivity contribution is 0.0772. The van der Waals surface area contributed by atoms with Gasteiger partial charge >= 0.3 is 0 Å². The number of aryl methyl sites for hydroxylation is 1. The van der Waals surface area contributed by atoms with E-state index in [1.54, 1.807) is 34.7 Å². The van der Waals surface area contributed by atoms with Crippen LogP contribution in [0.5, 0.6) is 5.75 Å². The van der Waals surface area contributed by atoms with E-state index in [0.717, 1.165) is 5.69 Å². The number of amides is 1. The molecule has 3 rings (SSSR count). The fourth-order valence-corrected chi connectivity index (χ4v) is 3.33. The van der Waals surface area contributed by atoms with Crippen LogP contribution in [0.4, 0.5) is 0 Å². The zero-order chi connectivity index (χ0) is 18.1. The third-order valence-electron chi connectivity index (χ3n) is 4.37. The van der Waals surface area contributed by atoms with Crippen molar-refractivity contribution >= 4 is 29.1 Å². The van der Waals surface area contributed by atoms with E-state index in [4.69, 9.17) is 27.9 Å².